The van der Waals surface area contributed by atoms with E-state index in [1.807, 2.05) is 6.92 Å². The molecule has 0 bridgehead atoms. The third kappa shape index (κ3) is 3.25. The molecule has 0 spiro atoms. The van der Waals surface area contributed by atoms with E-state index in [1.165, 1.54) is 7.11 Å². The van der Waals surface area contributed by atoms with Gasteiger partial charge in [0.15, 0.2) is 6.10 Å². The van der Waals surface area contributed by atoms with Gasteiger partial charge in [0.05, 0.1) is 7.11 Å². The molecule has 1 N–H and O–H groups in total. The summed E-state index contributed by atoms with van der Waals surface area (Å²) in [6.07, 6.45) is 2.79. The Morgan fingerprint density at radius 1 is 1.80 bits per heavy atom. The first-order chi connectivity index (χ1) is 4.72. The lowest BCUT2D eigenvalue weighted by atomic mass is 10.2. The maximum atomic E-state index is 10.5. The second-order valence-corrected chi connectivity index (χ2v) is 1.84. The van der Waals surface area contributed by atoms with Gasteiger partial charge in [0.2, 0.25) is 0 Å². The van der Waals surface area contributed by atoms with E-state index in [0.717, 1.165) is 0 Å². The second-order valence-electron chi connectivity index (χ2n) is 1.84. The number of esters is 1. The molecule has 0 aromatic rings. The maximum absolute atomic E-state index is 10.5. The maximum Gasteiger partial charge on any atom is 0.335 e. The van der Waals surface area contributed by atoms with E-state index in [9.17, 15) is 4.79 Å². The average Bonchev–Trinajstić information content (AvgIpc) is 1.98. The van der Waals surface area contributed by atoms with Crippen LogP contribution in [0.1, 0.15) is 13.3 Å². The zero-order chi connectivity index (χ0) is 7.98. The normalized spacial score (nSPS) is 13.5. The number of ether oxygens (including phenoxy) is 1. The Morgan fingerprint density at radius 3 is 2.80 bits per heavy atom. The third-order valence-corrected chi connectivity index (χ3v) is 1.07. The number of aliphatic hydroxyl groups is 1. The minimum Gasteiger partial charge on any atom is -0.467 e. The number of carbonyl (C=O) groups excluding carboxylic acids is 1. The van der Waals surface area contributed by atoms with Gasteiger partial charge in [0, 0.05) is 6.42 Å². The Labute approximate surface area is 60.3 Å². The van der Waals surface area contributed by atoms with Crippen LogP contribution in [-0.4, -0.2) is 24.3 Å². The van der Waals surface area contributed by atoms with Crippen molar-refractivity contribution in [3.63, 3.8) is 0 Å². The average molecular weight is 144 g/mol. The smallest absolute Gasteiger partial charge is 0.335 e. The summed E-state index contributed by atoms with van der Waals surface area (Å²) in [7, 11) is 1.25. The van der Waals surface area contributed by atoms with E-state index in [0.29, 0.717) is 6.42 Å². The number of hydrogen-bond donors (Lipinski definition) is 1. The van der Waals surface area contributed by atoms with Crippen LogP contribution < -0.4 is 0 Å². The van der Waals surface area contributed by atoms with E-state index in [2.05, 4.69) is 4.74 Å². The Morgan fingerprint density at radius 2 is 2.40 bits per heavy atom. The number of rotatable bonds is 3. The number of aliphatic hydroxyl groups excluding tert-OH is 1. The summed E-state index contributed by atoms with van der Waals surface area (Å²) in [5, 5.41) is 8.92. The number of carbonyl (C=O) groups is 1. The quantitative estimate of drug-likeness (QED) is 0.463. The van der Waals surface area contributed by atoms with Gasteiger partial charge in [0.25, 0.3) is 0 Å². The van der Waals surface area contributed by atoms with E-state index >= 15 is 0 Å². The highest BCUT2D eigenvalue weighted by atomic mass is 16.5. The zero-order valence-corrected chi connectivity index (χ0v) is 6.20. The Hall–Kier alpha value is -0.830. The molecule has 0 aliphatic carbocycles. The van der Waals surface area contributed by atoms with Crippen LogP contribution in [-0.2, 0) is 9.53 Å². The molecule has 0 heterocycles. The lowest BCUT2D eigenvalue weighted by molar-refractivity contribution is -0.150. The van der Waals surface area contributed by atoms with Crippen LogP contribution in [0.3, 0.4) is 0 Å². The molecular formula is C7H12O3. The number of allylic oxidation sites excluding steroid dienone is 1. The predicted molar refractivity (Wildman–Crippen MR) is 37.5 cm³/mol. The molecule has 0 amide bonds. The summed E-state index contributed by atoms with van der Waals surface area (Å²) in [6.45, 7) is 1.82. The highest BCUT2D eigenvalue weighted by Gasteiger charge is 2.11. The number of hydrogen-bond acceptors (Lipinski definition) is 3. The van der Waals surface area contributed by atoms with Gasteiger partial charge >= 0.3 is 5.97 Å². The van der Waals surface area contributed by atoms with Crippen molar-refractivity contribution in [3.05, 3.63) is 12.2 Å². The molecule has 0 aliphatic rings. The van der Waals surface area contributed by atoms with Crippen molar-refractivity contribution in [2.45, 2.75) is 19.4 Å². The number of methoxy groups -OCH3 is 1. The molecule has 0 fully saturated rings. The molecule has 1 atom stereocenters. The summed E-state index contributed by atoms with van der Waals surface area (Å²) in [6, 6.07) is 0. The standard InChI is InChI=1S/C7H12O3/c1-3-4-5-6(8)7(9)10-2/h3-4,6,8H,5H2,1-2H3/b4-3+/t6-/m0/s1. The lowest BCUT2D eigenvalue weighted by Crippen LogP contribution is -2.20. The predicted octanol–water partition coefficient (Wildman–Crippen LogP) is 0.486. The highest BCUT2D eigenvalue weighted by molar-refractivity contribution is 5.74. The molecule has 0 rings (SSSR count). The molecular weight excluding hydrogens is 132 g/mol. The zero-order valence-electron chi connectivity index (χ0n) is 6.20. The van der Waals surface area contributed by atoms with Crippen LogP contribution in [0, 0.1) is 0 Å². The first-order valence-electron chi connectivity index (χ1n) is 3.09. The van der Waals surface area contributed by atoms with Crippen LogP contribution in [0.5, 0.6) is 0 Å². The SMILES string of the molecule is C/C=C/C[C@H](O)C(=O)OC. The minimum absolute atomic E-state index is 0.323. The fourth-order valence-electron chi connectivity index (χ4n) is 0.497. The molecule has 0 saturated heterocycles. The van der Waals surface area contributed by atoms with E-state index in [1.54, 1.807) is 12.2 Å². The van der Waals surface area contributed by atoms with Crippen LogP contribution in [0.2, 0.25) is 0 Å². The Bertz CT molecular complexity index is 129. The van der Waals surface area contributed by atoms with Crippen molar-refractivity contribution < 1.29 is 14.6 Å². The fraction of sp³-hybridized carbons (Fsp3) is 0.571. The van der Waals surface area contributed by atoms with Gasteiger partial charge in [-0.2, -0.15) is 0 Å². The van der Waals surface area contributed by atoms with E-state index < -0.39 is 12.1 Å². The monoisotopic (exact) mass is 144 g/mol. The summed E-state index contributed by atoms with van der Waals surface area (Å²) in [5.74, 6) is -0.585. The van der Waals surface area contributed by atoms with Crippen molar-refractivity contribution in [3.8, 4) is 0 Å². The van der Waals surface area contributed by atoms with Crippen LogP contribution in [0.15, 0.2) is 12.2 Å². The van der Waals surface area contributed by atoms with E-state index in [-0.39, 0.29) is 0 Å². The summed E-state index contributed by atoms with van der Waals surface area (Å²) in [5.41, 5.74) is 0. The second kappa shape index (κ2) is 4.99. The summed E-state index contributed by atoms with van der Waals surface area (Å²) in [4.78, 5) is 10.5. The van der Waals surface area contributed by atoms with Crippen molar-refractivity contribution >= 4 is 5.97 Å². The van der Waals surface area contributed by atoms with Crippen LogP contribution >= 0.6 is 0 Å². The molecule has 3 heteroatoms. The fourth-order valence-corrected chi connectivity index (χ4v) is 0.497. The lowest BCUT2D eigenvalue weighted by Gasteiger charge is -2.03. The summed E-state index contributed by atoms with van der Waals surface area (Å²) < 4.78 is 4.29. The van der Waals surface area contributed by atoms with Gasteiger partial charge in [-0.05, 0) is 6.92 Å². The van der Waals surface area contributed by atoms with Gasteiger partial charge in [-0.25, -0.2) is 4.79 Å². The molecule has 58 valence electrons. The molecule has 0 aliphatic heterocycles. The van der Waals surface area contributed by atoms with Crippen LogP contribution in [0.4, 0.5) is 0 Å². The van der Waals surface area contributed by atoms with Crippen LogP contribution in [0.25, 0.3) is 0 Å². The molecule has 10 heavy (non-hydrogen) atoms. The molecule has 0 saturated carbocycles. The van der Waals surface area contributed by atoms with Gasteiger partial charge in [0.1, 0.15) is 0 Å². The van der Waals surface area contributed by atoms with Crippen molar-refractivity contribution in [2.75, 3.05) is 7.11 Å². The van der Waals surface area contributed by atoms with Gasteiger partial charge in [-0.1, -0.05) is 12.2 Å². The molecule has 3 nitrogen and oxygen atoms in total. The first kappa shape index (κ1) is 9.17. The minimum atomic E-state index is -1.01. The van der Waals surface area contributed by atoms with Gasteiger partial charge in [-0.3, -0.25) is 0 Å². The van der Waals surface area contributed by atoms with E-state index in [4.69, 9.17) is 5.11 Å². The van der Waals surface area contributed by atoms with Crippen molar-refractivity contribution in [2.24, 2.45) is 0 Å². The Kier molecular flexibility index (Phi) is 4.58. The highest BCUT2D eigenvalue weighted by Crippen LogP contribution is 1.94. The van der Waals surface area contributed by atoms with Gasteiger partial charge < -0.3 is 9.84 Å². The largest absolute Gasteiger partial charge is 0.467 e. The molecule has 0 unspecified atom stereocenters. The summed E-state index contributed by atoms with van der Waals surface area (Å²) >= 11 is 0. The molecule has 0 aromatic heterocycles. The molecule has 0 radical (unpaired) electrons. The molecule has 0 aromatic carbocycles. The van der Waals surface area contributed by atoms with Crippen molar-refractivity contribution in [1.82, 2.24) is 0 Å². The third-order valence-electron chi connectivity index (χ3n) is 1.07. The topological polar surface area (TPSA) is 46.5 Å². The van der Waals surface area contributed by atoms with Crippen molar-refractivity contribution in [1.29, 1.82) is 0 Å². The van der Waals surface area contributed by atoms with Gasteiger partial charge in [-0.15, -0.1) is 0 Å². The first-order valence-corrected chi connectivity index (χ1v) is 3.09. The Balaban J connectivity index is 3.61.